The van der Waals surface area contributed by atoms with Gasteiger partial charge in [-0.25, -0.2) is 0 Å². The first-order chi connectivity index (χ1) is 6.56. The van der Waals surface area contributed by atoms with Gasteiger partial charge in [0.1, 0.15) is 5.38 Å². The Morgan fingerprint density at radius 2 is 2.29 bits per heavy atom. The van der Waals surface area contributed by atoms with Crippen LogP contribution in [0.15, 0.2) is 0 Å². The van der Waals surface area contributed by atoms with E-state index in [-0.39, 0.29) is 11.9 Å². The van der Waals surface area contributed by atoms with E-state index < -0.39 is 5.38 Å². The van der Waals surface area contributed by atoms with Crippen LogP contribution in [0.3, 0.4) is 0 Å². The van der Waals surface area contributed by atoms with Gasteiger partial charge in [-0.15, -0.1) is 11.6 Å². The fourth-order valence-electron chi connectivity index (χ4n) is 1.90. The molecule has 0 saturated carbocycles. The zero-order chi connectivity index (χ0) is 10.7. The molecule has 1 fully saturated rings. The first-order valence-corrected chi connectivity index (χ1v) is 5.47. The minimum absolute atomic E-state index is 0.0359. The van der Waals surface area contributed by atoms with Gasteiger partial charge in [0.2, 0.25) is 5.91 Å². The SMILES string of the molecule is COC1CCN(C(=O)C(C)Cl)C(C)C1. The van der Waals surface area contributed by atoms with E-state index in [9.17, 15) is 4.79 Å². The van der Waals surface area contributed by atoms with Gasteiger partial charge in [0.05, 0.1) is 6.10 Å². The van der Waals surface area contributed by atoms with E-state index >= 15 is 0 Å². The summed E-state index contributed by atoms with van der Waals surface area (Å²) in [4.78, 5) is 13.5. The Hall–Kier alpha value is -0.280. The number of piperidine rings is 1. The van der Waals surface area contributed by atoms with E-state index in [2.05, 4.69) is 0 Å². The Balaban J connectivity index is 2.53. The van der Waals surface area contributed by atoms with Crippen molar-refractivity contribution in [3.05, 3.63) is 0 Å². The summed E-state index contributed by atoms with van der Waals surface area (Å²) in [6, 6.07) is 0.238. The molecule has 0 N–H and O–H groups in total. The van der Waals surface area contributed by atoms with Crippen LogP contribution in [0, 0.1) is 0 Å². The molecule has 0 spiro atoms. The summed E-state index contributed by atoms with van der Waals surface area (Å²) in [6.45, 7) is 4.52. The summed E-state index contributed by atoms with van der Waals surface area (Å²) in [7, 11) is 1.72. The molecule has 1 rings (SSSR count). The Labute approximate surface area is 90.4 Å². The zero-order valence-corrected chi connectivity index (χ0v) is 9.75. The minimum atomic E-state index is -0.420. The highest BCUT2D eigenvalue weighted by molar-refractivity contribution is 6.30. The summed E-state index contributed by atoms with van der Waals surface area (Å²) < 4.78 is 5.28. The van der Waals surface area contributed by atoms with E-state index in [0.717, 1.165) is 19.4 Å². The van der Waals surface area contributed by atoms with Crippen LogP contribution >= 0.6 is 11.6 Å². The Morgan fingerprint density at radius 3 is 2.71 bits per heavy atom. The van der Waals surface area contributed by atoms with E-state index in [0.29, 0.717) is 6.10 Å². The van der Waals surface area contributed by atoms with Gasteiger partial charge in [-0.1, -0.05) is 0 Å². The van der Waals surface area contributed by atoms with E-state index in [1.54, 1.807) is 14.0 Å². The van der Waals surface area contributed by atoms with Crippen molar-refractivity contribution in [1.29, 1.82) is 0 Å². The lowest BCUT2D eigenvalue weighted by Gasteiger charge is -2.37. The summed E-state index contributed by atoms with van der Waals surface area (Å²) in [5.41, 5.74) is 0. The van der Waals surface area contributed by atoms with Crippen molar-refractivity contribution in [1.82, 2.24) is 4.90 Å². The number of hydrogen-bond acceptors (Lipinski definition) is 2. The van der Waals surface area contributed by atoms with Crippen LogP contribution in [-0.2, 0) is 9.53 Å². The highest BCUT2D eigenvalue weighted by atomic mass is 35.5. The van der Waals surface area contributed by atoms with Crippen LogP contribution in [0.2, 0.25) is 0 Å². The van der Waals surface area contributed by atoms with Crippen LogP contribution in [0.25, 0.3) is 0 Å². The van der Waals surface area contributed by atoms with Gasteiger partial charge in [0.15, 0.2) is 0 Å². The lowest BCUT2D eigenvalue weighted by molar-refractivity contribution is -0.135. The molecule has 0 aliphatic carbocycles. The summed E-state index contributed by atoms with van der Waals surface area (Å²) >= 11 is 5.77. The molecule has 0 aromatic heterocycles. The maximum Gasteiger partial charge on any atom is 0.240 e. The van der Waals surface area contributed by atoms with Crippen LogP contribution < -0.4 is 0 Å². The molecule has 1 aliphatic heterocycles. The lowest BCUT2D eigenvalue weighted by Crippen LogP contribution is -2.48. The third-order valence-corrected chi connectivity index (χ3v) is 2.97. The van der Waals surface area contributed by atoms with Crippen molar-refractivity contribution in [2.75, 3.05) is 13.7 Å². The number of alkyl halides is 1. The fourth-order valence-corrected chi connectivity index (χ4v) is 2.02. The number of carbonyl (C=O) groups is 1. The van der Waals surface area contributed by atoms with Crippen molar-refractivity contribution >= 4 is 17.5 Å². The number of rotatable bonds is 2. The van der Waals surface area contributed by atoms with Gasteiger partial charge >= 0.3 is 0 Å². The maximum atomic E-state index is 11.7. The predicted octanol–water partition coefficient (Wildman–Crippen LogP) is 1.64. The molecule has 4 heteroatoms. The van der Waals surface area contributed by atoms with E-state index in [4.69, 9.17) is 16.3 Å². The van der Waals surface area contributed by atoms with E-state index in [1.165, 1.54) is 0 Å². The first kappa shape index (κ1) is 11.8. The number of ether oxygens (including phenoxy) is 1. The normalized spacial score (nSPS) is 30.1. The quantitative estimate of drug-likeness (QED) is 0.661. The van der Waals surface area contributed by atoms with Gasteiger partial charge in [-0.05, 0) is 26.7 Å². The molecule has 3 unspecified atom stereocenters. The molecule has 0 aromatic carbocycles. The largest absolute Gasteiger partial charge is 0.381 e. The highest BCUT2D eigenvalue weighted by Crippen LogP contribution is 2.20. The molecule has 3 nitrogen and oxygen atoms in total. The third-order valence-electron chi connectivity index (χ3n) is 2.78. The standard InChI is InChI=1S/C10H18ClNO2/c1-7-6-9(14-3)4-5-12(7)10(13)8(2)11/h7-9H,4-6H2,1-3H3. The molecule has 82 valence electrons. The molecular formula is C10H18ClNO2. The number of nitrogens with zero attached hydrogens (tertiary/aromatic N) is 1. The number of carbonyl (C=O) groups excluding carboxylic acids is 1. The van der Waals surface area contributed by atoms with Crippen molar-refractivity contribution in [2.24, 2.45) is 0 Å². The van der Waals surface area contributed by atoms with Crippen LogP contribution in [-0.4, -0.2) is 42.0 Å². The first-order valence-electron chi connectivity index (χ1n) is 5.03. The fraction of sp³-hybridized carbons (Fsp3) is 0.900. The van der Waals surface area contributed by atoms with Crippen molar-refractivity contribution in [3.63, 3.8) is 0 Å². The molecule has 3 atom stereocenters. The molecule has 1 aliphatic rings. The highest BCUT2D eigenvalue weighted by Gasteiger charge is 2.30. The van der Waals surface area contributed by atoms with Crippen LogP contribution in [0.4, 0.5) is 0 Å². The predicted molar refractivity (Wildman–Crippen MR) is 56.5 cm³/mol. The number of methoxy groups -OCH3 is 1. The molecule has 1 amide bonds. The monoisotopic (exact) mass is 219 g/mol. The zero-order valence-electron chi connectivity index (χ0n) is 9.00. The van der Waals surface area contributed by atoms with Gasteiger partial charge in [-0.3, -0.25) is 4.79 Å². The van der Waals surface area contributed by atoms with Crippen molar-refractivity contribution < 1.29 is 9.53 Å². The average molecular weight is 220 g/mol. The second-order valence-corrected chi connectivity index (χ2v) is 4.53. The molecule has 0 bridgehead atoms. The van der Waals surface area contributed by atoms with Gasteiger partial charge in [-0.2, -0.15) is 0 Å². The number of hydrogen-bond donors (Lipinski definition) is 0. The number of amides is 1. The number of halogens is 1. The van der Waals surface area contributed by atoms with Crippen LogP contribution in [0.5, 0.6) is 0 Å². The lowest BCUT2D eigenvalue weighted by atomic mass is 10.0. The van der Waals surface area contributed by atoms with Gasteiger partial charge in [0.25, 0.3) is 0 Å². The molecule has 1 saturated heterocycles. The summed E-state index contributed by atoms with van der Waals surface area (Å²) in [5, 5.41) is -0.420. The van der Waals surface area contributed by atoms with Crippen molar-refractivity contribution in [2.45, 2.75) is 44.2 Å². The average Bonchev–Trinajstić information content (AvgIpc) is 2.16. The molecule has 0 radical (unpaired) electrons. The molecule has 1 heterocycles. The third kappa shape index (κ3) is 2.61. The molecule has 0 aromatic rings. The second kappa shape index (κ2) is 4.99. The van der Waals surface area contributed by atoms with E-state index in [1.807, 2.05) is 11.8 Å². The van der Waals surface area contributed by atoms with Crippen LogP contribution in [0.1, 0.15) is 26.7 Å². The topological polar surface area (TPSA) is 29.5 Å². The van der Waals surface area contributed by atoms with Crippen molar-refractivity contribution in [3.8, 4) is 0 Å². The molecular weight excluding hydrogens is 202 g/mol. The smallest absolute Gasteiger partial charge is 0.240 e. The minimum Gasteiger partial charge on any atom is -0.381 e. The van der Waals surface area contributed by atoms with Gasteiger partial charge < -0.3 is 9.64 Å². The summed E-state index contributed by atoms with van der Waals surface area (Å²) in [5.74, 6) is 0.0359. The number of likely N-dealkylation sites (tertiary alicyclic amines) is 1. The molecule has 14 heavy (non-hydrogen) atoms. The maximum absolute atomic E-state index is 11.7. The van der Waals surface area contributed by atoms with Gasteiger partial charge in [0, 0.05) is 19.7 Å². The second-order valence-electron chi connectivity index (χ2n) is 3.88. The Kier molecular flexibility index (Phi) is 4.20. The Morgan fingerprint density at radius 1 is 1.64 bits per heavy atom. The Bertz CT molecular complexity index is 208. The summed E-state index contributed by atoms with van der Waals surface area (Å²) in [6.07, 6.45) is 2.11.